The number of rotatable bonds is 3. The molecule has 0 unspecified atom stereocenters. The average molecular weight is 349 g/mol. The summed E-state index contributed by atoms with van der Waals surface area (Å²) in [4.78, 5) is 37.8. The second-order valence-electron chi connectivity index (χ2n) is 5.97. The van der Waals surface area contributed by atoms with E-state index in [2.05, 4.69) is 5.32 Å². The first-order chi connectivity index (χ1) is 12.0. The topological polar surface area (TPSA) is 119 Å². The Balaban J connectivity index is 1.66. The Morgan fingerprint density at radius 3 is 2.60 bits per heavy atom. The van der Waals surface area contributed by atoms with Gasteiger partial charge in [0, 0.05) is 24.3 Å². The molecule has 2 heterocycles. The quantitative estimate of drug-likeness (QED) is 0.712. The third-order valence-corrected chi connectivity index (χ3v) is 4.26. The number of benzene rings is 1. The van der Waals surface area contributed by atoms with Crippen LogP contribution in [-0.4, -0.2) is 71.5 Å². The first-order valence-corrected chi connectivity index (χ1v) is 7.92. The summed E-state index contributed by atoms with van der Waals surface area (Å²) >= 11 is 0. The molecule has 2 aliphatic rings. The van der Waals surface area contributed by atoms with Gasteiger partial charge in [-0.3, -0.25) is 14.5 Å². The molecular formula is C16H19N3O6. The highest BCUT2D eigenvalue weighted by Crippen LogP contribution is 2.22. The molecule has 2 atom stereocenters. The SMILES string of the molecule is O=C(Nc1ccc(N2CCOCC2=O)cc1)[C@H]1C[C@@H](O)CN1C(=O)O. The van der Waals surface area contributed by atoms with Crippen LogP contribution in [0.3, 0.4) is 0 Å². The molecule has 0 radical (unpaired) electrons. The molecule has 0 spiro atoms. The Kier molecular flexibility index (Phi) is 4.86. The smallest absolute Gasteiger partial charge is 0.408 e. The van der Waals surface area contributed by atoms with Crippen LogP contribution < -0.4 is 10.2 Å². The zero-order chi connectivity index (χ0) is 18.0. The minimum Gasteiger partial charge on any atom is -0.465 e. The van der Waals surface area contributed by atoms with Gasteiger partial charge < -0.3 is 25.2 Å². The third kappa shape index (κ3) is 3.72. The Morgan fingerprint density at radius 2 is 1.96 bits per heavy atom. The second-order valence-corrected chi connectivity index (χ2v) is 5.97. The van der Waals surface area contributed by atoms with Crippen molar-refractivity contribution in [1.29, 1.82) is 0 Å². The summed E-state index contributed by atoms with van der Waals surface area (Å²) in [5, 5.41) is 21.4. The molecule has 0 aromatic heterocycles. The van der Waals surface area contributed by atoms with Gasteiger partial charge in [-0.25, -0.2) is 4.79 Å². The number of aliphatic hydroxyl groups is 1. The van der Waals surface area contributed by atoms with Gasteiger partial charge in [0.1, 0.15) is 12.6 Å². The number of carbonyl (C=O) groups excluding carboxylic acids is 2. The number of carbonyl (C=O) groups is 3. The summed E-state index contributed by atoms with van der Waals surface area (Å²) in [6.07, 6.45) is -2.02. The van der Waals surface area contributed by atoms with E-state index in [0.717, 1.165) is 4.90 Å². The molecule has 1 aromatic carbocycles. The van der Waals surface area contributed by atoms with Gasteiger partial charge in [-0.15, -0.1) is 0 Å². The van der Waals surface area contributed by atoms with Crippen molar-refractivity contribution in [1.82, 2.24) is 4.90 Å². The van der Waals surface area contributed by atoms with Crippen LogP contribution >= 0.6 is 0 Å². The Labute approximate surface area is 143 Å². The van der Waals surface area contributed by atoms with Gasteiger partial charge in [0.05, 0.1) is 19.3 Å². The molecule has 2 saturated heterocycles. The monoisotopic (exact) mass is 349 g/mol. The van der Waals surface area contributed by atoms with E-state index in [1.54, 1.807) is 29.2 Å². The molecule has 2 aliphatic heterocycles. The molecule has 9 nitrogen and oxygen atoms in total. The van der Waals surface area contributed by atoms with Crippen molar-refractivity contribution in [3.05, 3.63) is 24.3 Å². The molecule has 2 fully saturated rings. The summed E-state index contributed by atoms with van der Waals surface area (Å²) in [6.45, 7) is 0.913. The zero-order valence-corrected chi connectivity index (χ0v) is 13.4. The lowest BCUT2D eigenvalue weighted by atomic mass is 10.1. The predicted molar refractivity (Wildman–Crippen MR) is 87.4 cm³/mol. The van der Waals surface area contributed by atoms with Crippen molar-refractivity contribution in [3.63, 3.8) is 0 Å². The van der Waals surface area contributed by atoms with Crippen molar-refractivity contribution in [2.45, 2.75) is 18.6 Å². The van der Waals surface area contributed by atoms with Gasteiger partial charge in [-0.05, 0) is 24.3 Å². The molecule has 1 aromatic rings. The Morgan fingerprint density at radius 1 is 1.24 bits per heavy atom. The molecule has 0 bridgehead atoms. The Hall–Kier alpha value is -2.65. The first kappa shape index (κ1) is 17.2. The molecule has 25 heavy (non-hydrogen) atoms. The minimum absolute atomic E-state index is 0.0491. The van der Waals surface area contributed by atoms with Crippen molar-refractivity contribution >= 4 is 29.3 Å². The van der Waals surface area contributed by atoms with Crippen LogP contribution in [0.1, 0.15) is 6.42 Å². The number of β-amino-alcohol motifs (C(OH)–C–C–N with tert-alkyl or cyclic N) is 1. The Bertz CT molecular complexity index is 677. The van der Waals surface area contributed by atoms with E-state index < -0.39 is 24.1 Å². The third-order valence-electron chi connectivity index (χ3n) is 4.26. The van der Waals surface area contributed by atoms with E-state index in [0.29, 0.717) is 24.5 Å². The first-order valence-electron chi connectivity index (χ1n) is 7.92. The lowest BCUT2D eigenvalue weighted by Gasteiger charge is -2.27. The molecule has 9 heteroatoms. The number of hydrogen-bond donors (Lipinski definition) is 3. The maximum absolute atomic E-state index is 12.3. The largest absolute Gasteiger partial charge is 0.465 e. The van der Waals surface area contributed by atoms with E-state index in [-0.39, 0.29) is 25.5 Å². The van der Waals surface area contributed by atoms with E-state index in [4.69, 9.17) is 9.84 Å². The van der Waals surface area contributed by atoms with Crippen LogP contribution in [-0.2, 0) is 14.3 Å². The van der Waals surface area contributed by atoms with Crippen molar-refractivity contribution < 1.29 is 29.3 Å². The second kappa shape index (κ2) is 7.08. The number of anilines is 2. The van der Waals surface area contributed by atoms with Gasteiger partial charge >= 0.3 is 6.09 Å². The minimum atomic E-state index is -1.24. The fourth-order valence-electron chi connectivity index (χ4n) is 3.02. The van der Waals surface area contributed by atoms with Crippen LogP contribution in [0.2, 0.25) is 0 Å². The highest BCUT2D eigenvalue weighted by Gasteiger charge is 2.39. The van der Waals surface area contributed by atoms with Gasteiger partial charge in [0.15, 0.2) is 0 Å². The highest BCUT2D eigenvalue weighted by molar-refractivity contribution is 5.98. The molecule has 3 N–H and O–H groups in total. The van der Waals surface area contributed by atoms with Crippen molar-refractivity contribution in [2.24, 2.45) is 0 Å². The number of hydrogen-bond acceptors (Lipinski definition) is 5. The number of amides is 3. The number of aliphatic hydroxyl groups excluding tert-OH is 1. The van der Waals surface area contributed by atoms with Gasteiger partial charge in [-0.1, -0.05) is 0 Å². The zero-order valence-electron chi connectivity index (χ0n) is 13.4. The number of nitrogens with zero attached hydrogens (tertiary/aromatic N) is 2. The number of likely N-dealkylation sites (tertiary alicyclic amines) is 1. The maximum atomic E-state index is 12.3. The van der Waals surface area contributed by atoms with E-state index in [9.17, 15) is 19.5 Å². The number of nitrogens with one attached hydrogen (secondary N) is 1. The maximum Gasteiger partial charge on any atom is 0.408 e. The van der Waals surface area contributed by atoms with Gasteiger partial charge in [0.2, 0.25) is 5.91 Å². The number of carboxylic acid groups (broad SMARTS) is 1. The van der Waals surface area contributed by atoms with Crippen LogP contribution in [0.25, 0.3) is 0 Å². The summed E-state index contributed by atoms with van der Waals surface area (Å²) in [5.41, 5.74) is 1.19. The molecule has 3 amide bonds. The molecular weight excluding hydrogens is 330 g/mol. The molecule has 3 rings (SSSR count). The lowest BCUT2D eigenvalue weighted by molar-refractivity contribution is -0.125. The summed E-state index contributed by atoms with van der Waals surface area (Å²) in [7, 11) is 0. The summed E-state index contributed by atoms with van der Waals surface area (Å²) in [5.74, 6) is -0.616. The van der Waals surface area contributed by atoms with E-state index in [1.165, 1.54) is 0 Å². The van der Waals surface area contributed by atoms with Crippen molar-refractivity contribution in [3.8, 4) is 0 Å². The van der Waals surface area contributed by atoms with Crippen LogP contribution in [0.15, 0.2) is 24.3 Å². The van der Waals surface area contributed by atoms with Crippen LogP contribution in [0.5, 0.6) is 0 Å². The highest BCUT2D eigenvalue weighted by atomic mass is 16.5. The van der Waals surface area contributed by atoms with E-state index >= 15 is 0 Å². The lowest BCUT2D eigenvalue weighted by Crippen LogP contribution is -2.42. The number of morpholine rings is 1. The molecule has 134 valence electrons. The van der Waals surface area contributed by atoms with E-state index in [1.807, 2.05) is 0 Å². The van der Waals surface area contributed by atoms with Crippen molar-refractivity contribution in [2.75, 3.05) is 36.5 Å². The molecule has 0 aliphatic carbocycles. The summed E-state index contributed by atoms with van der Waals surface area (Å²) in [6, 6.07) is 5.78. The fourth-order valence-corrected chi connectivity index (χ4v) is 3.02. The van der Waals surface area contributed by atoms with Crippen LogP contribution in [0.4, 0.5) is 16.2 Å². The standard InChI is InChI=1S/C16H19N3O6/c20-12-7-13(19(8-12)16(23)24)15(22)17-10-1-3-11(4-2-10)18-5-6-25-9-14(18)21/h1-4,12-13,20H,5-9H2,(H,17,22)(H,23,24)/t12-,13-/m1/s1. The predicted octanol–water partition coefficient (Wildman–Crippen LogP) is 0.102. The van der Waals surface area contributed by atoms with Gasteiger partial charge in [0.25, 0.3) is 5.91 Å². The fraction of sp³-hybridized carbons (Fsp3) is 0.438. The van der Waals surface area contributed by atoms with Gasteiger partial charge in [-0.2, -0.15) is 0 Å². The normalized spacial score (nSPS) is 23.6. The number of ether oxygens (including phenoxy) is 1. The average Bonchev–Trinajstić information content (AvgIpc) is 2.99. The summed E-state index contributed by atoms with van der Waals surface area (Å²) < 4.78 is 5.08. The van der Waals surface area contributed by atoms with Crippen LogP contribution in [0, 0.1) is 0 Å². The molecule has 0 saturated carbocycles.